The molecule has 1 aliphatic carbocycles. The predicted molar refractivity (Wildman–Crippen MR) is 108 cm³/mol. The SMILES string of the molecule is CC1=C(C(=O)OC2CCCCCC2)[C@@H](c2ccccc2I)NC(=O)N1C. The zero-order chi connectivity index (χ0) is 18.7. The van der Waals surface area contributed by atoms with E-state index in [1.54, 1.807) is 7.05 Å². The van der Waals surface area contributed by atoms with Gasteiger partial charge in [0.05, 0.1) is 11.6 Å². The molecule has 1 saturated carbocycles. The minimum absolute atomic E-state index is 0.0243. The highest BCUT2D eigenvalue weighted by molar-refractivity contribution is 14.1. The highest BCUT2D eigenvalue weighted by Gasteiger charge is 2.36. The summed E-state index contributed by atoms with van der Waals surface area (Å²) in [6, 6.07) is 7.10. The maximum atomic E-state index is 13.1. The van der Waals surface area contributed by atoms with Crippen LogP contribution < -0.4 is 5.32 Å². The van der Waals surface area contributed by atoms with E-state index < -0.39 is 6.04 Å². The monoisotopic (exact) mass is 468 g/mol. The van der Waals surface area contributed by atoms with Crippen LogP contribution >= 0.6 is 22.6 Å². The highest BCUT2D eigenvalue weighted by Crippen LogP contribution is 2.33. The molecule has 1 aromatic rings. The summed E-state index contributed by atoms with van der Waals surface area (Å²) in [5.74, 6) is -0.314. The summed E-state index contributed by atoms with van der Waals surface area (Å²) >= 11 is 2.24. The van der Waals surface area contributed by atoms with Crippen LogP contribution in [0.3, 0.4) is 0 Å². The Morgan fingerprint density at radius 1 is 1.19 bits per heavy atom. The number of nitrogens with one attached hydrogen (secondary N) is 1. The fourth-order valence-corrected chi connectivity index (χ4v) is 4.32. The number of rotatable bonds is 3. The van der Waals surface area contributed by atoms with Gasteiger partial charge < -0.3 is 15.0 Å². The lowest BCUT2D eigenvalue weighted by atomic mass is 9.95. The molecule has 1 N–H and O–H groups in total. The van der Waals surface area contributed by atoms with Crippen LogP contribution in [0, 0.1) is 3.57 Å². The van der Waals surface area contributed by atoms with E-state index in [9.17, 15) is 9.59 Å². The van der Waals surface area contributed by atoms with Gasteiger partial charge in [0, 0.05) is 16.3 Å². The van der Waals surface area contributed by atoms with Crippen LogP contribution in [0.2, 0.25) is 0 Å². The Balaban J connectivity index is 1.92. The zero-order valence-corrected chi connectivity index (χ0v) is 17.4. The van der Waals surface area contributed by atoms with Crippen molar-refractivity contribution in [3.8, 4) is 0 Å². The first-order chi connectivity index (χ1) is 12.5. The Hall–Kier alpha value is -1.57. The topological polar surface area (TPSA) is 58.6 Å². The van der Waals surface area contributed by atoms with Crippen LogP contribution in [0.1, 0.15) is 57.1 Å². The van der Waals surface area contributed by atoms with Gasteiger partial charge in [0.25, 0.3) is 0 Å². The van der Waals surface area contributed by atoms with Crippen molar-refractivity contribution in [3.63, 3.8) is 0 Å². The van der Waals surface area contributed by atoms with E-state index in [-0.39, 0.29) is 18.1 Å². The van der Waals surface area contributed by atoms with Crippen molar-refractivity contribution < 1.29 is 14.3 Å². The number of benzene rings is 1. The average molecular weight is 468 g/mol. The van der Waals surface area contributed by atoms with Crippen molar-refractivity contribution in [2.24, 2.45) is 0 Å². The van der Waals surface area contributed by atoms with E-state index in [1.807, 2.05) is 31.2 Å². The number of carbonyl (C=O) groups excluding carboxylic acids is 2. The van der Waals surface area contributed by atoms with Gasteiger partial charge in [-0.1, -0.05) is 31.0 Å². The Bertz CT molecular complexity index is 724. The van der Waals surface area contributed by atoms with E-state index in [4.69, 9.17) is 4.74 Å². The van der Waals surface area contributed by atoms with Gasteiger partial charge in [-0.05, 0) is 66.8 Å². The molecule has 1 aromatic carbocycles. The number of hydrogen-bond donors (Lipinski definition) is 1. The van der Waals surface area contributed by atoms with Gasteiger partial charge in [-0.2, -0.15) is 0 Å². The summed E-state index contributed by atoms with van der Waals surface area (Å²) in [5.41, 5.74) is 2.10. The third-order valence-electron chi connectivity index (χ3n) is 5.27. The number of allylic oxidation sites excluding steroid dienone is 1. The quantitative estimate of drug-likeness (QED) is 0.403. The molecule has 0 radical (unpaired) electrons. The molecule has 26 heavy (non-hydrogen) atoms. The van der Waals surface area contributed by atoms with Crippen LogP contribution in [-0.4, -0.2) is 30.1 Å². The summed E-state index contributed by atoms with van der Waals surface area (Å²) in [7, 11) is 1.68. The van der Waals surface area contributed by atoms with Crippen molar-refractivity contribution in [2.45, 2.75) is 57.6 Å². The molecule has 6 heteroatoms. The van der Waals surface area contributed by atoms with Gasteiger partial charge in [0.2, 0.25) is 0 Å². The second kappa shape index (κ2) is 8.41. The number of urea groups is 1. The summed E-state index contributed by atoms with van der Waals surface area (Å²) in [6.07, 6.45) is 6.45. The molecule has 2 aliphatic rings. The fourth-order valence-electron chi connectivity index (χ4n) is 3.62. The third-order valence-corrected chi connectivity index (χ3v) is 6.25. The molecule has 3 rings (SSSR count). The van der Waals surface area contributed by atoms with Crippen LogP contribution in [0.15, 0.2) is 35.5 Å². The highest BCUT2D eigenvalue weighted by atomic mass is 127. The Morgan fingerprint density at radius 2 is 1.85 bits per heavy atom. The summed E-state index contributed by atoms with van der Waals surface area (Å²) in [5, 5.41) is 2.96. The molecule has 1 aliphatic heterocycles. The lowest BCUT2D eigenvalue weighted by molar-refractivity contribution is -0.145. The lowest BCUT2D eigenvalue weighted by Gasteiger charge is -2.34. The third kappa shape index (κ3) is 4.05. The number of halogens is 1. The fraction of sp³-hybridized carbons (Fsp3) is 0.500. The Kier molecular flexibility index (Phi) is 6.21. The maximum absolute atomic E-state index is 13.1. The van der Waals surface area contributed by atoms with Gasteiger partial charge in [-0.3, -0.25) is 0 Å². The second-order valence-electron chi connectivity index (χ2n) is 6.98. The molecule has 1 fully saturated rings. The van der Waals surface area contributed by atoms with Crippen molar-refractivity contribution in [1.29, 1.82) is 0 Å². The molecule has 2 amide bonds. The van der Waals surface area contributed by atoms with E-state index >= 15 is 0 Å². The standard InChI is InChI=1S/C20H25IN2O3/c1-13-17(19(24)26-14-9-5-3-4-6-10-14)18(22-20(25)23(13)2)15-11-7-8-12-16(15)21/h7-8,11-12,14,18H,3-6,9-10H2,1-2H3,(H,22,25)/t18-/m1/s1. The van der Waals surface area contributed by atoms with Gasteiger partial charge in [0.1, 0.15) is 6.10 Å². The van der Waals surface area contributed by atoms with Crippen molar-refractivity contribution >= 4 is 34.6 Å². The molecule has 140 valence electrons. The smallest absolute Gasteiger partial charge is 0.338 e. The summed E-state index contributed by atoms with van der Waals surface area (Å²) in [4.78, 5) is 26.9. The van der Waals surface area contributed by atoms with Gasteiger partial charge in [0.15, 0.2) is 0 Å². The van der Waals surface area contributed by atoms with Crippen LogP contribution in [0.25, 0.3) is 0 Å². The van der Waals surface area contributed by atoms with E-state index in [1.165, 1.54) is 17.7 Å². The first kappa shape index (κ1) is 19.2. The molecule has 1 atom stereocenters. The molecule has 0 spiro atoms. The normalized spacial score (nSPS) is 22.0. The minimum atomic E-state index is -0.481. The van der Waals surface area contributed by atoms with Gasteiger partial charge >= 0.3 is 12.0 Å². The maximum Gasteiger partial charge on any atom is 0.338 e. The number of ether oxygens (including phenoxy) is 1. The second-order valence-corrected chi connectivity index (χ2v) is 8.14. The Labute approximate surface area is 168 Å². The van der Waals surface area contributed by atoms with Crippen molar-refractivity contribution in [3.05, 3.63) is 44.7 Å². The van der Waals surface area contributed by atoms with Crippen LogP contribution in [0.5, 0.6) is 0 Å². The van der Waals surface area contributed by atoms with E-state index in [0.29, 0.717) is 11.3 Å². The first-order valence-electron chi connectivity index (χ1n) is 9.19. The average Bonchev–Trinajstić information content (AvgIpc) is 2.88. The molecule has 0 aromatic heterocycles. The minimum Gasteiger partial charge on any atom is -0.459 e. The van der Waals surface area contributed by atoms with Crippen LogP contribution in [0.4, 0.5) is 4.79 Å². The molecular weight excluding hydrogens is 443 g/mol. The number of nitrogens with zero attached hydrogens (tertiary/aromatic N) is 1. The molecule has 1 heterocycles. The number of carbonyl (C=O) groups is 2. The summed E-state index contributed by atoms with van der Waals surface area (Å²) < 4.78 is 6.89. The van der Waals surface area contributed by atoms with Crippen molar-refractivity contribution in [1.82, 2.24) is 10.2 Å². The van der Waals surface area contributed by atoms with E-state index in [2.05, 4.69) is 27.9 Å². The van der Waals surface area contributed by atoms with Gasteiger partial charge in [-0.15, -0.1) is 0 Å². The van der Waals surface area contributed by atoms with Crippen molar-refractivity contribution in [2.75, 3.05) is 7.05 Å². The van der Waals surface area contributed by atoms with Crippen LogP contribution in [-0.2, 0) is 9.53 Å². The Morgan fingerprint density at radius 3 is 2.50 bits per heavy atom. The number of hydrogen-bond acceptors (Lipinski definition) is 3. The molecule has 0 bridgehead atoms. The largest absolute Gasteiger partial charge is 0.459 e. The van der Waals surface area contributed by atoms with E-state index in [0.717, 1.165) is 34.8 Å². The molecular formula is C20H25IN2O3. The number of amides is 2. The molecule has 0 saturated heterocycles. The first-order valence-corrected chi connectivity index (χ1v) is 10.3. The molecule has 5 nitrogen and oxygen atoms in total. The number of esters is 1. The van der Waals surface area contributed by atoms with Gasteiger partial charge in [-0.25, -0.2) is 9.59 Å². The molecule has 0 unspecified atom stereocenters. The summed E-state index contributed by atoms with van der Waals surface area (Å²) in [6.45, 7) is 1.81. The predicted octanol–water partition coefficient (Wildman–Crippen LogP) is 4.53. The zero-order valence-electron chi connectivity index (χ0n) is 15.3. The lowest BCUT2D eigenvalue weighted by Crippen LogP contribution is -2.46.